The standard InChI is InChI=1S/C21H29N5O2/c1-25-18-10-6-5-9-17(18)24-19(20(25)27)26-13-11-16(12-14-26)23-21(28)22-15-7-3-2-4-8-15/h5-6,9-10,15-16H,2-4,7-8,11-14H2,1H3,(H2,22,23,28). The van der Waals surface area contributed by atoms with Gasteiger partial charge in [-0.05, 0) is 37.8 Å². The number of amides is 2. The Morgan fingerprint density at radius 2 is 1.64 bits per heavy atom. The summed E-state index contributed by atoms with van der Waals surface area (Å²) >= 11 is 0. The normalized spacial score (nSPS) is 19.0. The number of carbonyl (C=O) groups is 1. The van der Waals surface area contributed by atoms with Gasteiger partial charge in [0.15, 0.2) is 5.82 Å². The zero-order valence-corrected chi connectivity index (χ0v) is 16.5. The second-order valence-electron chi connectivity index (χ2n) is 8.00. The Kier molecular flexibility index (Phi) is 5.50. The molecule has 4 rings (SSSR count). The molecule has 2 aromatic rings. The average Bonchev–Trinajstić information content (AvgIpc) is 2.72. The topological polar surface area (TPSA) is 79.3 Å². The smallest absolute Gasteiger partial charge is 0.315 e. The van der Waals surface area contributed by atoms with Crippen LogP contribution in [0.3, 0.4) is 0 Å². The van der Waals surface area contributed by atoms with Crippen LogP contribution in [0.25, 0.3) is 11.0 Å². The van der Waals surface area contributed by atoms with Gasteiger partial charge in [0.2, 0.25) is 0 Å². The van der Waals surface area contributed by atoms with Crippen molar-refractivity contribution >= 4 is 22.9 Å². The number of aryl methyl sites for hydroxylation is 1. The lowest BCUT2D eigenvalue weighted by atomic mass is 9.96. The molecule has 0 atom stereocenters. The molecule has 2 fully saturated rings. The summed E-state index contributed by atoms with van der Waals surface area (Å²) < 4.78 is 1.67. The second kappa shape index (κ2) is 8.20. The lowest BCUT2D eigenvalue weighted by Crippen LogP contribution is -2.51. The van der Waals surface area contributed by atoms with E-state index >= 15 is 0 Å². The molecule has 1 aliphatic heterocycles. The Morgan fingerprint density at radius 3 is 2.36 bits per heavy atom. The summed E-state index contributed by atoms with van der Waals surface area (Å²) in [6.07, 6.45) is 7.49. The molecular formula is C21H29N5O2. The molecule has 1 saturated carbocycles. The number of nitrogens with zero attached hydrogens (tertiary/aromatic N) is 3. The fraction of sp³-hybridized carbons (Fsp3) is 0.571. The summed E-state index contributed by atoms with van der Waals surface area (Å²) in [4.78, 5) is 31.7. The van der Waals surface area contributed by atoms with Crippen molar-refractivity contribution < 1.29 is 4.79 Å². The van der Waals surface area contributed by atoms with E-state index in [0.29, 0.717) is 11.9 Å². The van der Waals surface area contributed by atoms with E-state index in [1.807, 2.05) is 29.2 Å². The molecule has 2 aliphatic rings. The number of aromatic nitrogens is 2. The summed E-state index contributed by atoms with van der Waals surface area (Å²) in [5, 5.41) is 6.23. The molecule has 28 heavy (non-hydrogen) atoms. The first-order valence-electron chi connectivity index (χ1n) is 10.4. The van der Waals surface area contributed by atoms with Crippen LogP contribution in [0.5, 0.6) is 0 Å². The third-order valence-electron chi connectivity index (χ3n) is 6.04. The fourth-order valence-electron chi connectivity index (χ4n) is 4.36. The van der Waals surface area contributed by atoms with E-state index in [1.165, 1.54) is 19.3 Å². The summed E-state index contributed by atoms with van der Waals surface area (Å²) in [6, 6.07) is 8.10. The molecule has 1 aromatic heterocycles. The molecule has 0 unspecified atom stereocenters. The Bertz CT molecular complexity index is 895. The van der Waals surface area contributed by atoms with Crippen molar-refractivity contribution in [2.45, 2.75) is 57.0 Å². The Balaban J connectivity index is 1.36. The number of hydrogen-bond donors (Lipinski definition) is 2. The van der Waals surface area contributed by atoms with Crippen LogP contribution in [0, 0.1) is 0 Å². The first-order valence-corrected chi connectivity index (χ1v) is 10.4. The molecule has 2 heterocycles. The minimum atomic E-state index is -0.0693. The predicted octanol–water partition coefficient (Wildman–Crippen LogP) is 2.53. The average molecular weight is 383 g/mol. The maximum Gasteiger partial charge on any atom is 0.315 e. The number of carbonyl (C=O) groups excluding carboxylic acids is 1. The largest absolute Gasteiger partial charge is 0.352 e. The number of para-hydroxylation sites is 2. The summed E-state index contributed by atoms with van der Waals surface area (Å²) in [5.41, 5.74) is 1.60. The quantitative estimate of drug-likeness (QED) is 0.854. The SMILES string of the molecule is Cn1c(=O)c(N2CCC(NC(=O)NC3CCCCC3)CC2)nc2ccccc21. The first kappa shape index (κ1) is 18.8. The maximum atomic E-state index is 12.7. The number of hydrogen-bond acceptors (Lipinski definition) is 4. The van der Waals surface area contributed by atoms with Gasteiger partial charge in [-0.2, -0.15) is 0 Å². The molecule has 0 radical (unpaired) electrons. The Morgan fingerprint density at radius 1 is 1.00 bits per heavy atom. The van der Waals surface area contributed by atoms with Gasteiger partial charge in [-0.25, -0.2) is 9.78 Å². The van der Waals surface area contributed by atoms with E-state index < -0.39 is 0 Å². The van der Waals surface area contributed by atoms with Gasteiger partial charge in [-0.3, -0.25) is 4.79 Å². The molecule has 150 valence electrons. The van der Waals surface area contributed by atoms with Crippen molar-refractivity contribution in [1.29, 1.82) is 0 Å². The van der Waals surface area contributed by atoms with Gasteiger partial charge < -0.3 is 20.1 Å². The van der Waals surface area contributed by atoms with Crippen molar-refractivity contribution in [3.8, 4) is 0 Å². The highest BCUT2D eigenvalue weighted by Gasteiger charge is 2.25. The lowest BCUT2D eigenvalue weighted by molar-refractivity contribution is 0.226. The molecule has 7 nitrogen and oxygen atoms in total. The molecule has 1 aliphatic carbocycles. The second-order valence-corrected chi connectivity index (χ2v) is 8.00. The van der Waals surface area contributed by atoms with E-state index in [-0.39, 0.29) is 17.6 Å². The van der Waals surface area contributed by atoms with Gasteiger partial charge in [-0.15, -0.1) is 0 Å². The van der Waals surface area contributed by atoms with Gasteiger partial charge >= 0.3 is 6.03 Å². The number of benzene rings is 1. The Hall–Kier alpha value is -2.57. The van der Waals surface area contributed by atoms with Crippen molar-refractivity contribution in [3.05, 3.63) is 34.6 Å². The number of piperidine rings is 1. The van der Waals surface area contributed by atoms with E-state index in [1.54, 1.807) is 11.6 Å². The summed E-state index contributed by atoms with van der Waals surface area (Å²) in [7, 11) is 1.79. The van der Waals surface area contributed by atoms with Crippen LogP contribution in [0.1, 0.15) is 44.9 Å². The highest BCUT2D eigenvalue weighted by atomic mass is 16.2. The van der Waals surface area contributed by atoms with Gasteiger partial charge in [-0.1, -0.05) is 31.4 Å². The highest BCUT2D eigenvalue weighted by molar-refractivity contribution is 5.76. The predicted molar refractivity (Wildman–Crippen MR) is 111 cm³/mol. The maximum absolute atomic E-state index is 12.7. The molecule has 1 aromatic carbocycles. The van der Waals surface area contributed by atoms with Gasteiger partial charge in [0, 0.05) is 32.2 Å². The van der Waals surface area contributed by atoms with Gasteiger partial charge in [0.25, 0.3) is 5.56 Å². The van der Waals surface area contributed by atoms with Crippen LogP contribution in [0.15, 0.2) is 29.1 Å². The molecule has 2 N–H and O–H groups in total. The number of urea groups is 1. The van der Waals surface area contributed by atoms with Crippen LogP contribution in [-0.2, 0) is 7.05 Å². The fourth-order valence-corrected chi connectivity index (χ4v) is 4.36. The third kappa shape index (κ3) is 3.98. The van der Waals surface area contributed by atoms with Crippen molar-refractivity contribution in [2.24, 2.45) is 7.05 Å². The van der Waals surface area contributed by atoms with Crippen molar-refractivity contribution in [2.75, 3.05) is 18.0 Å². The minimum Gasteiger partial charge on any atom is -0.352 e. The zero-order valence-electron chi connectivity index (χ0n) is 16.5. The number of fused-ring (bicyclic) bond motifs is 1. The molecule has 1 saturated heterocycles. The number of rotatable bonds is 3. The van der Waals surface area contributed by atoms with Crippen molar-refractivity contribution in [3.63, 3.8) is 0 Å². The summed E-state index contributed by atoms with van der Waals surface area (Å²) in [6.45, 7) is 1.43. The lowest BCUT2D eigenvalue weighted by Gasteiger charge is -2.33. The molecule has 0 bridgehead atoms. The van der Waals surface area contributed by atoms with Crippen LogP contribution in [-0.4, -0.2) is 40.8 Å². The monoisotopic (exact) mass is 383 g/mol. The summed E-state index contributed by atoms with van der Waals surface area (Å²) in [5.74, 6) is 0.506. The van der Waals surface area contributed by atoms with Crippen molar-refractivity contribution in [1.82, 2.24) is 20.2 Å². The number of anilines is 1. The van der Waals surface area contributed by atoms with Gasteiger partial charge in [0.1, 0.15) is 0 Å². The van der Waals surface area contributed by atoms with Crippen LogP contribution < -0.4 is 21.1 Å². The minimum absolute atomic E-state index is 0.0508. The number of nitrogens with one attached hydrogen (secondary N) is 2. The first-order chi connectivity index (χ1) is 13.6. The van der Waals surface area contributed by atoms with Crippen LogP contribution >= 0.6 is 0 Å². The zero-order chi connectivity index (χ0) is 19.5. The molecule has 2 amide bonds. The third-order valence-corrected chi connectivity index (χ3v) is 6.04. The van der Waals surface area contributed by atoms with Gasteiger partial charge in [0.05, 0.1) is 11.0 Å². The van der Waals surface area contributed by atoms with E-state index in [9.17, 15) is 9.59 Å². The highest BCUT2D eigenvalue weighted by Crippen LogP contribution is 2.19. The molecule has 7 heteroatoms. The van der Waals surface area contributed by atoms with E-state index in [4.69, 9.17) is 0 Å². The van der Waals surface area contributed by atoms with Crippen LogP contribution in [0.2, 0.25) is 0 Å². The van der Waals surface area contributed by atoms with Crippen LogP contribution in [0.4, 0.5) is 10.6 Å². The molecule has 0 spiro atoms. The van der Waals surface area contributed by atoms with E-state index in [0.717, 1.165) is 49.8 Å². The molecular weight excluding hydrogens is 354 g/mol. The van der Waals surface area contributed by atoms with E-state index in [2.05, 4.69) is 15.6 Å². The Labute approximate surface area is 165 Å².